The standard InChI is InChI=1S/C27H24NO2P/c29-20-17-23-21-28(26(27(23)18-10-19-27)22-11-4-1-5-12-22)31(30,24-13-6-2-7-14-24)25-15-8-3-9-16-25/h1-18,20,26H,19,21H2/b23-17-/t26-,27+/m0/s1. The van der Waals surface area contributed by atoms with Crippen molar-refractivity contribution in [3.63, 3.8) is 0 Å². The van der Waals surface area contributed by atoms with Gasteiger partial charge in [0.05, 0.1) is 6.04 Å². The maximum absolute atomic E-state index is 15.2. The van der Waals surface area contributed by atoms with Gasteiger partial charge in [-0.25, -0.2) is 4.67 Å². The molecule has 2 aliphatic rings. The Labute approximate surface area is 183 Å². The zero-order valence-electron chi connectivity index (χ0n) is 17.2. The average molecular weight is 425 g/mol. The highest BCUT2D eigenvalue weighted by Crippen LogP contribution is 2.66. The number of hydrogen-bond donors (Lipinski definition) is 0. The average Bonchev–Trinajstić information content (AvgIpc) is 3.16. The molecule has 0 amide bonds. The van der Waals surface area contributed by atoms with Crippen molar-refractivity contribution in [2.24, 2.45) is 5.41 Å². The third-order valence-corrected chi connectivity index (χ3v) is 9.64. The van der Waals surface area contributed by atoms with Gasteiger partial charge in [-0.15, -0.1) is 0 Å². The minimum Gasteiger partial charge on any atom is -0.299 e. The highest BCUT2D eigenvalue weighted by Gasteiger charge is 2.57. The molecular weight excluding hydrogens is 401 g/mol. The first-order valence-corrected chi connectivity index (χ1v) is 12.2. The first-order valence-electron chi connectivity index (χ1n) is 10.6. The second-order valence-electron chi connectivity index (χ2n) is 8.13. The molecule has 154 valence electrons. The van der Waals surface area contributed by atoms with E-state index >= 15 is 4.57 Å². The number of carbonyl (C=O) groups is 1. The summed E-state index contributed by atoms with van der Waals surface area (Å²) < 4.78 is 17.3. The zero-order chi connectivity index (χ0) is 21.3. The quantitative estimate of drug-likeness (QED) is 0.249. The summed E-state index contributed by atoms with van der Waals surface area (Å²) in [5.74, 6) is 0. The summed E-state index contributed by atoms with van der Waals surface area (Å²) in [5, 5.41) is 1.63. The number of benzene rings is 3. The molecule has 0 aromatic heterocycles. The van der Waals surface area contributed by atoms with Gasteiger partial charge in [-0.3, -0.25) is 9.36 Å². The Bertz CT molecular complexity index is 1140. The van der Waals surface area contributed by atoms with Crippen LogP contribution in [-0.4, -0.2) is 17.5 Å². The van der Waals surface area contributed by atoms with E-state index in [1.54, 1.807) is 6.08 Å². The molecule has 3 aromatic rings. The van der Waals surface area contributed by atoms with Crippen LogP contribution in [0, 0.1) is 5.41 Å². The minimum atomic E-state index is -3.17. The van der Waals surface area contributed by atoms with Crippen molar-refractivity contribution in [3.8, 4) is 0 Å². The Kier molecular flexibility index (Phi) is 5.09. The van der Waals surface area contributed by atoms with E-state index in [4.69, 9.17) is 0 Å². The molecule has 1 fully saturated rings. The molecule has 1 saturated heterocycles. The van der Waals surface area contributed by atoms with Crippen LogP contribution in [-0.2, 0) is 9.36 Å². The summed E-state index contributed by atoms with van der Waals surface area (Å²) in [7, 11) is -3.17. The highest BCUT2D eigenvalue weighted by molar-refractivity contribution is 7.76. The smallest absolute Gasteiger partial charge is 0.208 e. The van der Waals surface area contributed by atoms with Gasteiger partial charge in [0.1, 0.15) is 6.29 Å². The van der Waals surface area contributed by atoms with Gasteiger partial charge in [0.15, 0.2) is 0 Å². The van der Waals surface area contributed by atoms with Crippen molar-refractivity contribution < 1.29 is 9.36 Å². The predicted octanol–water partition coefficient (Wildman–Crippen LogP) is 5.04. The molecule has 1 heterocycles. The summed E-state index contributed by atoms with van der Waals surface area (Å²) in [6, 6.07) is 29.7. The molecule has 0 radical (unpaired) electrons. The van der Waals surface area contributed by atoms with Crippen LogP contribution in [0.2, 0.25) is 0 Å². The van der Waals surface area contributed by atoms with Crippen molar-refractivity contribution in [2.75, 3.05) is 6.54 Å². The van der Waals surface area contributed by atoms with E-state index in [9.17, 15) is 4.79 Å². The zero-order valence-corrected chi connectivity index (χ0v) is 18.1. The summed E-state index contributed by atoms with van der Waals surface area (Å²) in [6.45, 7) is 0.490. The summed E-state index contributed by atoms with van der Waals surface area (Å²) >= 11 is 0. The summed E-state index contributed by atoms with van der Waals surface area (Å²) in [4.78, 5) is 11.5. The van der Waals surface area contributed by atoms with Gasteiger partial charge in [0.2, 0.25) is 7.29 Å². The normalized spacial score (nSPS) is 24.4. The number of aldehydes is 1. The molecule has 0 bridgehead atoms. The molecule has 4 heteroatoms. The minimum absolute atomic E-state index is 0.115. The lowest BCUT2D eigenvalue weighted by Gasteiger charge is -2.43. The van der Waals surface area contributed by atoms with E-state index in [0.717, 1.165) is 34.5 Å². The lowest BCUT2D eigenvalue weighted by Crippen LogP contribution is -2.37. The monoisotopic (exact) mass is 425 g/mol. The number of allylic oxidation sites excluding steroid dienone is 2. The van der Waals surface area contributed by atoms with Gasteiger partial charge < -0.3 is 0 Å². The largest absolute Gasteiger partial charge is 0.299 e. The molecule has 0 N–H and O–H groups in total. The lowest BCUT2D eigenvalue weighted by molar-refractivity contribution is -0.104. The fourth-order valence-electron chi connectivity index (χ4n) is 5.03. The van der Waals surface area contributed by atoms with Crippen LogP contribution in [0.1, 0.15) is 18.0 Å². The second kappa shape index (κ2) is 7.92. The number of hydrogen-bond acceptors (Lipinski definition) is 2. The molecule has 5 rings (SSSR count). The Morgan fingerprint density at radius 1 is 0.839 bits per heavy atom. The van der Waals surface area contributed by atoms with Crippen molar-refractivity contribution in [3.05, 3.63) is 120 Å². The topological polar surface area (TPSA) is 37.4 Å². The van der Waals surface area contributed by atoms with E-state index in [2.05, 4.69) is 29.0 Å². The maximum atomic E-state index is 15.2. The molecular formula is C27H24NO2P. The fourth-order valence-corrected chi connectivity index (χ4v) is 8.09. The molecule has 3 aromatic carbocycles. The number of rotatable bonds is 5. The van der Waals surface area contributed by atoms with Gasteiger partial charge in [-0.2, -0.15) is 0 Å². The number of carbonyl (C=O) groups excluding carboxylic acids is 1. The van der Waals surface area contributed by atoms with E-state index in [1.807, 2.05) is 78.9 Å². The van der Waals surface area contributed by atoms with Gasteiger partial charge in [0, 0.05) is 22.6 Å². The fraction of sp³-hybridized carbons (Fsp3) is 0.148. The molecule has 0 saturated carbocycles. The van der Waals surface area contributed by atoms with Crippen LogP contribution < -0.4 is 10.6 Å². The molecule has 31 heavy (non-hydrogen) atoms. The Hall–Kier alpha value is -3.00. The van der Waals surface area contributed by atoms with Crippen LogP contribution in [0.25, 0.3) is 0 Å². The van der Waals surface area contributed by atoms with E-state index in [0.29, 0.717) is 6.54 Å². The van der Waals surface area contributed by atoms with E-state index in [1.165, 1.54) is 0 Å². The molecule has 1 spiro atoms. The first-order chi connectivity index (χ1) is 15.2. The van der Waals surface area contributed by atoms with Crippen molar-refractivity contribution >= 4 is 24.2 Å². The summed E-state index contributed by atoms with van der Waals surface area (Å²) in [6.07, 6.45) is 7.73. The molecule has 1 aliphatic heterocycles. The Morgan fingerprint density at radius 3 is 1.81 bits per heavy atom. The van der Waals surface area contributed by atoms with Crippen LogP contribution in [0.15, 0.2) is 115 Å². The molecule has 0 unspecified atom stereocenters. The molecule has 1 aliphatic carbocycles. The van der Waals surface area contributed by atoms with Crippen LogP contribution in [0.5, 0.6) is 0 Å². The van der Waals surface area contributed by atoms with E-state index < -0.39 is 7.29 Å². The van der Waals surface area contributed by atoms with E-state index in [-0.39, 0.29) is 11.5 Å². The first kappa shape index (κ1) is 19.9. The van der Waals surface area contributed by atoms with Crippen molar-refractivity contribution in [2.45, 2.75) is 12.5 Å². The Morgan fingerprint density at radius 2 is 1.35 bits per heavy atom. The highest BCUT2D eigenvalue weighted by atomic mass is 31.2. The van der Waals surface area contributed by atoms with Crippen LogP contribution in [0.4, 0.5) is 0 Å². The van der Waals surface area contributed by atoms with Gasteiger partial charge in [0.25, 0.3) is 0 Å². The Balaban J connectivity index is 1.77. The third-order valence-electron chi connectivity index (χ3n) is 6.55. The maximum Gasteiger partial charge on any atom is 0.208 e. The lowest BCUT2D eigenvalue weighted by atomic mass is 9.66. The van der Waals surface area contributed by atoms with Gasteiger partial charge in [-0.1, -0.05) is 78.9 Å². The van der Waals surface area contributed by atoms with Gasteiger partial charge in [-0.05, 0) is 47.9 Å². The third kappa shape index (κ3) is 3.08. The summed E-state index contributed by atoms with van der Waals surface area (Å²) in [5.41, 5.74) is 1.85. The SMILES string of the molecule is O=C/C=C1/CN(P(=O)(c2ccccc2)c2ccccc2)[C@@H](c2ccccc2)[C@@]12C=CC2. The van der Waals surface area contributed by atoms with Crippen LogP contribution >= 0.6 is 7.29 Å². The van der Waals surface area contributed by atoms with Crippen molar-refractivity contribution in [1.29, 1.82) is 0 Å². The molecule has 2 atom stereocenters. The second-order valence-corrected chi connectivity index (χ2v) is 10.8. The van der Waals surface area contributed by atoms with Gasteiger partial charge >= 0.3 is 0 Å². The molecule has 3 nitrogen and oxygen atoms in total. The number of nitrogens with zero attached hydrogens (tertiary/aromatic N) is 1. The van der Waals surface area contributed by atoms with Crippen LogP contribution in [0.3, 0.4) is 0 Å². The predicted molar refractivity (Wildman–Crippen MR) is 126 cm³/mol. The van der Waals surface area contributed by atoms with Crippen molar-refractivity contribution in [1.82, 2.24) is 4.67 Å².